The van der Waals surface area contributed by atoms with Crippen LogP contribution in [0.2, 0.25) is 5.02 Å². The molecular formula is C17H19ClN2O3. The summed E-state index contributed by atoms with van der Waals surface area (Å²) in [6, 6.07) is 14.2. The number of benzene rings is 2. The Kier molecular flexibility index (Phi) is 6.26. The van der Waals surface area contributed by atoms with Crippen molar-refractivity contribution in [2.75, 3.05) is 26.1 Å². The van der Waals surface area contributed by atoms with E-state index in [4.69, 9.17) is 21.1 Å². The Hall–Kier alpha value is -2.24. The van der Waals surface area contributed by atoms with Crippen LogP contribution in [0.1, 0.15) is 11.7 Å². The third-order valence-corrected chi connectivity index (χ3v) is 3.66. The summed E-state index contributed by atoms with van der Waals surface area (Å²) >= 11 is 6.15. The summed E-state index contributed by atoms with van der Waals surface area (Å²) in [6.07, 6.45) is -0.320. The van der Waals surface area contributed by atoms with Crippen molar-refractivity contribution in [2.24, 2.45) is 0 Å². The Balaban J connectivity index is 1.93. The number of methoxy groups -OCH3 is 2. The molecule has 0 heterocycles. The molecule has 23 heavy (non-hydrogen) atoms. The minimum absolute atomic E-state index is 0.302. The minimum Gasteiger partial charge on any atom is -0.497 e. The molecule has 2 aromatic carbocycles. The van der Waals surface area contributed by atoms with E-state index >= 15 is 0 Å². The molecule has 2 rings (SSSR count). The number of hydrogen-bond donors (Lipinski definition) is 2. The third-order valence-electron chi connectivity index (χ3n) is 3.31. The smallest absolute Gasteiger partial charge is 0.319 e. The molecule has 0 saturated heterocycles. The number of hydrogen-bond acceptors (Lipinski definition) is 3. The van der Waals surface area contributed by atoms with Crippen molar-refractivity contribution in [2.45, 2.75) is 6.10 Å². The van der Waals surface area contributed by atoms with Gasteiger partial charge < -0.3 is 20.1 Å². The monoisotopic (exact) mass is 334 g/mol. The van der Waals surface area contributed by atoms with Gasteiger partial charge in [0.05, 0.1) is 7.11 Å². The predicted molar refractivity (Wildman–Crippen MR) is 91.2 cm³/mol. The quantitative estimate of drug-likeness (QED) is 0.843. The van der Waals surface area contributed by atoms with Crippen LogP contribution in [0.25, 0.3) is 0 Å². The number of rotatable bonds is 6. The van der Waals surface area contributed by atoms with Crippen LogP contribution in [0.4, 0.5) is 10.5 Å². The molecule has 6 heteroatoms. The maximum absolute atomic E-state index is 12.0. The van der Waals surface area contributed by atoms with Crippen molar-refractivity contribution in [3.63, 3.8) is 0 Å². The molecule has 0 aliphatic rings. The van der Waals surface area contributed by atoms with Gasteiger partial charge in [-0.25, -0.2) is 4.79 Å². The Labute approximate surface area is 140 Å². The lowest BCUT2D eigenvalue weighted by Crippen LogP contribution is -2.33. The van der Waals surface area contributed by atoms with Gasteiger partial charge in [-0.1, -0.05) is 35.9 Å². The minimum atomic E-state index is -0.327. The van der Waals surface area contributed by atoms with Crippen molar-refractivity contribution >= 4 is 23.3 Å². The van der Waals surface area contributed by atoms with Crippen LogP contribution in [-0.2, 0) is 4.74 Å². The number of halogens is 1. The van der Waals surface area contributed by atoms with Gasteiger partial charge in [0, 0.05) is 36.0 Å². The van der Waals surface area contributed by atoms with E-state index in [1.807, 2.05) is 18.2 Å². The molecule has 0 saturated carbocycles. The highest BCUT2D eigenvalue weighted by Gasteiger charge is 2.15. The van der Waals surface area contributed by atoms with Crippen LogP contribution >= 0.6 is 11.6 Å². The lowest BCUT2D eigenvalue weighted by Gasteiger charge is -2.18. The Bertz CT molecular complexity index is 664. The zero-order valence-electron chi connectivity index (χ0n) is 13.0. The van der Waals surface area contributed by atoms with E-state index in [1.165, 1.54) is 0 Å². The summed E-state index contributed by atoms with van der Waals surface area (Å²) in [4.78, 5) is 12.0. The van der Waals surface area contributed by atoms with E-state index in [9.17, 15) is 4.79 Å². The normalized spacial score (nSPS) is 11.6. The molecule has 0 aromatic heterocycles. The van der Waals surface area contributed by atoms with Crippen LogP contribution in [0.3, 0.4) is 0 Å². The van der Waals surface area contributed by atoms with Crippen LogP contribution in [0, 0.1) is 0 Å². The van der Waals surface area contributed by atoms with Crippen molar-refractivity contribution in [1.82, 2.24) is 5.32 Å². The highest BCUT2D eigenvalue weighted by molar-refractivity contribution is 6.31. The molecule has 0 radical (unpaired) electrons. The topological polar surface area (TPSA) is 59.6 Å². The summed E-state index contributed by atoms with van der Waals surface area (Å²) in [7, 11) is 3.15. The summed E-state index contributed by atoms with van der Waals surface area (Å²) < 4.78 is 10.5. The van der Waals surface area contributed by atoms with Gasteiger partial charge in [-0.05, 0) is 18.2 Å². The molecule has 1 unspecified atom stereocenters. The van der Waals surface area contributed by atoms with Crippen molar-refractivity contribution < 1.29 is 14.3 Å². The molecule has 0 aliphatic heterocycles. The van der Waals surface area contributed by atoms with Crippen LogP contribution < -0.4 is 15.4 Å². The first kappa shape index (κ1) is 17.1. The fraction of sp³-hybridized carbons (Fsp3) is 0.235. The average molecular weight is 335 g/mol. The number of anilines is 1. The zero-order chi connectivity index (χ0) is 16.7. The van der Waals surface area contributed by atoms with E-state index in [0.717, 1.165) is 5.56 Å². The summed E-state index contributed by atoms with van der Waals surface area (Å²) in [5, 5.41) is 6.12. The summed E-state index contributed by atoms with van der Waals surface area (Å²) in [5.41, 5.74) is 1.48. The number of carbonyl (C=O) groups is 1. The third kappa shape index (κ3) is 4.87. The average Bonchev–Trinajstić information content (AvgIpc) is 2.57. The summed E-state index contributed by atoms with van der Waals surface area (Å²) in [6.45, 7) is 0.302. The molecule has 1 atom stereocenters. The van der Waals surface area contributed by atoms with E-state index in [0.29, 0.717) is 23.0 Å². The van der Waals surface area contributed by atoms with E-state index in [1.54, 1.807) is 44.6 Å². The van der Waals surface area contributed by atoms with E-state index in [2.05, 4.69) is 10.6 Å². The summed E-state index contributed by atoms with van der Waals surface area (Å²) in [5.74, 6) is 0.675. The lowest BCUT2D eigenvalue weighted by atomic mass is 10.1. The van der Waals surface area contributed by atoms with Crippen molar-refractivity contribution in [1.29, 1.82) is 0 Å². The Morgan fingerprint density at radius 3 is 2.65 bits per heavy atom. The molecule has 0 spiro atoms. The van der Waals surface area contributed by atoms with E-state index < -0.39 is 0 Å². The van der Waals surface area contributed by atoms with Gasteiger partial charge in [0.2, 0.25) is 0 Å². The molecule has 0 aliphatic carbocycles. The van der Waals surface area contributed by atoms with Gasteiger partial charge in [0.1, 0.15) is 11.9 Å². The molecule has 122 valence electrons. The number of urea groups is 1. The number of nitrogens with one attached hydrogen (secondary N) is 2. The van der Waals surface area contributed by atoms with Crippen molar-refractivity contribution in [3.05, 3.63) is 59.1 Å². The second-order valence-electron chi connectivity index (χ2n) is 4.81. The van der Waals surface area contributed by atoms with Gasteiger partial charge in [-0.15, -0.1) is 0 Å². The fourth-order valence-electron chi connectivity index (χ4n) is 2.12. The Morgan fingerprint density at radius 2 is 1.96 bits per heavy atom. The zero-order valence-corrected chi connectivity index (χ0v) is 13.8. The van der Waals surface area contributed by atoms with Crippen LogP contribution in [-0.4, -0.2) is 26.8 Å². The van der Waals surface area contributed by atoms with Gasteiger partial charge in [0.25, 0.3) is 0 Å². The largest absolute Gasteiger partial charge is 0.497 e. The van der Waals surface area contributed by atoms with Crippen molar-refractivity contribution in [3.8, 4) is 5.75 Å². The molecule has 5 nitrogen and oxygen atoms in total. The fourth-order valence-corrected chi connectivity index (χ4v) is 2.38. The van der Waals surface area contributed by atoms with Crippen LogP contribution in [0.5, 0.6) is 5.75 Å². The molecule has 2 N–H and O–H groups in total. The molecule has 0 bridgehead atoms. The second-order valence-corrected chi connectivity index (χ2v) is 5.22. The molecular weight excluding hydrogens is 316 g/mol. The van der Waals surface area contributed by atoms with Gasteiger partial charge in [-0.3, -0.25) is 0 Å². The maximum Gasteiger partial charge on any atom is 0.319 e. The molecule has 0 fully saturated rings. The highest BCUT2D eigenvalue weighted by atomic mass is 35.5. The SMILES string of the molecule is COc1cccc(NC(=O)NCC(OC)c2ccccc2Cl)c1. The molecule has 2 aromatic rings. The molecule has 2 amide bonds. The second kappa shape index (κ2) is 8.41. The number of carbonyl (C=O) groups excluding carboxylic acids is 1. The van der Waals surface area contributed by atoms with Gasteiger partial charge >= 0.3 is 6.03 Å². The predicted octanol–water partition coefficient (Wildman–Crippen LogP) is 3.86. The first-order chi connectivity index (χ1) is 11.1. The maximum atomic E-state index is 12.0. The first-order valence-corrected chi connectivity index (χ1v) is 7.48. The van der Waals surface area contributed by atoms with Crippen LogP contribution in [0.15, 0.2) is 48.5 Å². The highest BCUT2D eigenvalue weighted by Crippen LogP contribution is 2.24. The standard InChI is InChI=1S/C17H19ClN2O3/c1-22-13-7-5-6-12(10-13)20-17(21)19-11-16(23-2)14-8-3-4-9-15(14)18/h3-10,16H,11H2,1-2H3,(H2,19,20,21). The van der Waals surface area contributed by atoms with E-state index in [-0.39, 0.29) is 12.1 Å². The Morgan fingerprint density at radius 1 is 1.17 bits per heavy atom. The first-order valence-electron chi connectivity index (χ1n) is 7.10. The number of amides is 2. The van der Waals surface area contributed by atoms with Gasteiger partial charge in [0.15, 0.2) is 0 Å². The lowest BCUT2D eigenvalue weighted by molar-refractivity contribution is 0.104. The van der Waals surface area contributed by atoms with Gasteiger partial charge in [-0.2, -0.15) is 0 Å². The number of ether oxygens (including phenoxy) is 2.